The number of sulfonamides is 1. The molecule has 1 aromatic heterocycles. The number of nitrogens with one attached hydrogen (secondary N) is 1. The SMILES string of the molecule is O=C(/C=C/c1cscn1)NCCS(=O)(=O)N1CCc2ccccc21. The minimum Gasteiger partial charge on any atom is -0.351 e. The highest BCUT2D eigenvalue weighted by molar-refractivity contribution is 7.92. The van der Waals surface area contributed by atoms with Gasteiger partial charge in [-0.15, -0.1) is 11.3 Å². The lowest BCUT2D eigenvalue weighted by atomic mass is 10.2. The molecule has 24 heavy (non-hydrogen) atoms. The molecule has 2 aromatic rings. The van der Waals surface area contributed by atoms with E-state index in [4.69, 9.17) is 0 Å². The van der Waals surface area contributed by atoms with Crippen LogP contribution in [0.4, 0.5) is 5.69 Å². The van der Waals surface area contributed by atoms with Crippen LogP contribution >= 0.6 is 11.3 Å². The third-order valence-corrected chi connectivity index (χ3v) is 6.07. The fraction of sp³-hybridized carbons (Fsp3) is 0.250. The lowest BCUT2D eigenvalue weighted by Crippen LogP contribution is -2.36. The zero-order valence-electron chi connectivity index (χ0n) is 12.9. The third kappa shape index (κ3) is 3.82. The van der Waals surface area contributed by atoms with Crippen LogP contribution in [0.1, 0.15) is 11.3 Å². The van der Waals surface area contributed by atoms with Crippen molar-refractivity contribution in [1.82, 2.24) is 10.3 Å². The van der Waals surface area contributed by atoms with E-state index in [-0.39, 0.29) is 18.2 Å². The van der Waals surface area contributed by atoms with Crippen molar-refractivity contribution in [2.45, 2.75) is 6.42 Å². The highest BCUT2D eigenvalue weighted by atomic mass is 32.2. The molecular formula is C16H17N3O3S2. The van der Waals surface area contributed by atoms with Gasteiger partial charge >= 0.3 is 0 Å². The molecule has 3 rings (SSSR count). The van der Waals surface area contributed by atoms with E-state index in [1.54, 1.807) is 11.6 Å². The van der Waals surface area contributed by atoms with Gasteiger partial charge in [-0.2, -0.15) is 0 Å². The number of nitrogens with zero attached hydrogens (tertiary/aromatic N) is 2. The molecule has 2 heterocycles. The normalized spacial score (nSPS) is 14.1. The quantitative estimate of drug-likeness (QED) is 0.792. The molecule has 8 heteroatoms. The highest BCUT2D eigenvalue weighted by Gasteiger charge is 2.28. The summed E-state index contributed by atoms with van der Waals surface area (Å²) in [4.78, 5) is 15.7. The number of benzene rings is 1. The number of thiazole rings is 1. The second-order valence-corrected chi connectivity index (χ2v) is 8.04. The molecule has 1 amide bonds. The number of amides is 1. The van der Waals surface area contributed by atoms with Crippen molar-refractivity contribution in [1.29, 1.82) is 0 Å². The lowest BCUT2D eigenvalue weighted by Gasteiger charge is -2.19. The Kier molecular flexibility index (Phi) is 4.96. The minimum absolute atomic E-state index is 0.0707. The van der Waals surface area contributed by atoms with Crippen LogP contribution < -0.4 is 9.62 Å². The number of carbonyl (C=O) groups is 1. The van der Waals surface area contributed by atoms with Crippen molar-refractivity contribution >= 4 is 39.0 Å². The number of aromatic nitrogens is 1. The average molecular weight is 363 g/mol. The summed E-state index contributed by atoms with van der Waals surface area (Å²) in [5, 5.41) is 4.41. The van der Waals surface area contributed by atoms with Crippen molar-refractivity contribution in [2.24, 2.45) is 0 Å². The summed E-state index contributed by atoms with van der Waals surface area (Å²) < 4.78 is 26.4. The van der Waals surface area contributed by atoms with E-state index in [1.807, 2.05) is 29.6 Å². The van der Waals surface area contributed by atoms with Gasteiger partial charge in [-0.1, -0.05) is 18.2 Å². The van der Waals surface area contributed by atoms with Crippen LogP contribution in [0.2, 0.25) is 0 Å². The molecule has 1 aliphatic heterocycles. The van der Waals surface area contributed by atoms with Gasteiger partial charge in [0.2, 0.25) is 15.9 Å². The number of anilines is 1. The molecule has 0 bridgehead atoms. The molecule has 0 saturated heterocycles. The molecule has 1 aromatic carbocycles. The zero-order chi connectivity index (χ0) is 17.0. The van der Waals surface area contributed by atoms with Crippen LogP contribution in [-0.4, -0.2) is 38.2 Å². The first-order valence-electron chi connectivity index (χ1n) is 7.49. The summed E-state index contributed by atoms with van der Waals surface area (Å²) in [6.07, 6.45) is 3.67. The summed E-state index contributed by atoms with van der Waals surface area (Å²) in [7, 11) is -3.44. The Bertz CT molecular complexity index is 845. The molecule has 0 spiro atoms. The van der Waals surface area contributed by atoms with Gasteiger partial charge in [-0.25, -0.2) is 13.4 Å². The van der Waals surface area contributed by atoms with Crippen LogP contribution in [0.15, 0.2) is 41.2 Å². The van der Waals surface area contributed by atoms with Crippen LogP contribution in [0.25, 0.3) is 6.08 Å². The van der Waals surface area contributed by atoms with Gasteiger partial charge in [0.25, 0.3) is 0 Å². The fourth-order valence-electron chi connectivity index (χ4n) is 2.53. The maximum Gasteiger partial charge on any atom is 0.244 e. The fourth-order valence-corrected chi connectivity index (χ4v) is 4.48. The predicted octanol–water partition coefficient (Wildman–Crippen LogP) is 1.66. The van der Waals surface area contributed by atoms with Gasteiger partial charge < -0.3 is 5.32 Å². The Morgan fingerprint density at radius 1 is 1.38 bits per heavy atom. The highest BCUT2D eigenvalue weighted by Crippen LogP contribution is 2.29. The number of rotatable bonds is 6. The Balaban J connectivity index is 1.54. The largest absolute Gasteiger partial charge is 0.351 e. The molecule has 0 unspecified atom stereocenters. The molecule has 6 nitrogen and oxygen atoms in total. The lowest BCUT2D eigenvalue weighted by molar-refractivity contribution is -0.116. The Hall–Kier alpha value is -2.19. The Labute approximate surface area is 144 Å². The van der Waals surface area contributed by atoms with Gasteiger partial charge in [0, 0.05) is 24.5 Å². The Morgan fingerprint density at radius 2 is 2.21 bits per heavy atom. The first kappa shape index (κ1) is 16.7. The maximum absolute atomic E-state index is 12.5. The van der Waals surface area contributed by atoms with Gasteiger partial charge in [0.05, 0.1) is 22.6 Å². The number of hydrogen-bond acceptors (Lipinski definition) is 5. The third-order valence-electron chi connectivity index (χ3n) is 3.70. The van der Waals surface area contributed by atoms with Gasteiger partial charge in [0.15, 0.2) is 0 Å². The van der Waals surface area contributed by atoms with Crippen molar-refractivity contribution < 1.29 is 13.2 Å². The molecule has 1 aliphatic rings. The standard InChI is InChI=1S/C16H17N3O3S2/c20-16(6-5-14-11-23-12-18-14)17-8-10-24(21,22)19-9-7-13-3-1-2-4-15(13)19/h1-6,11-12H,7-10H2,(H,17,20)/b6-5+. The van der Waals surface area contributed by atoms with Crippen LogP contribution in [0.5, 0.6) is 0 Å². The molecule has 0 saturated carbocycles. The summed E-state index contributed by atoms with van der Waals surface area (Å²) in [5.41, 5.74) is 4.16. The smallest absolute Gasteiger partial charge is 0.244 e. The summed E-state index contributed by atoms with van der Waals surface area (Å²) in [5.74, 6) is -0.461. The van der Waals surface area contributed by atoms with Crippen molar-refractivity contribution in [3.63, 3.8) is 0 Å². The van der Waals surface area contributed by atoms with E-state index in [0.29, 0.717) is 12.2 Å². The van der Waals surface area contributed by atoms with Crippen LogP contribution in [-0.2, 0) is 21.2 Å². The topological polar surface area (TPSA) is 79.4 Å². The van der Waals surface area contributed by atoms with E-state index >= 15 is 0 Å². The first-order valence-corrected chi connectivity index (χ1v) is 10.0. The van der Waals surface area contributed by atoms with E-state index in [1.165, 1.54) is 21.7 Å². The molecule has 0 fully saturated rings. The van der Waals surface area contributed by atoms with E-state index < -0.39 is 10.0 Å². The number of hydrogen-bond donors (Lipinski definition) is 1. The number of para-hydroxylation sites is 1. The van der Waals surface area contributed by atoms with Crippen molar-refractivity contribution in [3.8, 4) is 0 Å². The van der Waals surface area contributed by atoms with E-state index in [2.05, 4.69) is 10.3 Å². The molecule has 0 radical (unpaired) electrons. The monoisotopic (exact) mass is 363 g/mol. The van der Waals surface area contributed by atoms with E-state index in [9.17, 15) is 13.2 Å². The molecule has 1 N–H and O–H groups in total. The summed E-state index contributed by atoms with van der Waals surface area (Å²) >= 11 is 1.44. The van der Waals surface area contributed by atoms with Crippen molar-refractivity contribution in [3.05, 3.63) is 52.5 Å². The van der Waals surface area contributed by atoms with Crippen molar-refractivity contribution in [2.75, 3.05) is 23.1 Å². The van der Waals surface area contributed by atoms with Gasteiger partial charge in [-0.05, 0) is 24.1 Å². The molecular weight excluding hydrogens is 346 g/mol. The van der Waals surface area contributed by atoms with E-state index in [0.717, 1.165) is 17.7 Å². The van der Waals surface area contributed by atoms with Crippen LogP contribution in [0, 0.1) is 0 Å². The maximum atomic E-state index is 12.5. The molecule has 0 aliphatic carbocycles. The number of carbonyl (C=O) groups excluding carboxylic acids is 1. The summed E-state index contributed by atoms with van der Waals surface area (Å²) in [6, 6.07) is 7.49. The minimum atomic E-state index is -3.44. The Morgan fingerprint density at radius 3 is 3.00 bits per heavy atom. The molecule has 126 valence electrons. The number of fused-ring (bicyclic) bond motifs is 1. The van der Waals surface area contributed by atoms with Gasteiger partial charge in [-0.3, -0.25) is 9.10 Å². The first-order chi connectivity index (χ1) is 11.6. The second kappa shape index (κ2) is 7.14. The van der Waals surface area contributed by atoms with Gasteiger partial charge in [0.1, 0.15) is 0 Å². The predicted molar refractivity (Wildman–Crippen MR) is 95.4 cm³/mol. The molecule has 0 atom stereocenters. The van der Waals surface area contributed by atoms with Crippen LogP contribution in [0.3, 0.4) is 0 Å². The summed E-state index contributed by atoms with van der Waals surface area (Å²) in [6.45, 7) is 0.528. The zero-order valence-corrected chi connectivity index (χ0v) is 14.5. The average Bonchev–Trinajstić information content (AvgIpc) is 3.22. The second-order valence-electron chi connectivity index (χ2n) is 5.30.